The zero-order chi connectivity index (χ0) is 18.4. The lowest BCUT2D eigenvalue weighted by Crippen LogP contribution is -2.37. The Morgan fingerprint density at radius 1 is 1.12 bits per heavy atom. The maximum Gasteiger partial charge on any atom is 0.231 e. The van der Waals surface area contributed by atoms with E-state index in [2.05, 4.69) is 10.6 Å². The lowest BCUT2D eigenvalue weighted by molar-refractivity contribution is -0.120. The Morgan fingerprint density at radius 2 is 1.85 bits per heavy atom. The molecule has 0 bridgehead atoms. The third-order valence-corrected chi connectivity index (χ3v) is 4.76. The molecule has 0 radical (unpaired) electrons. The topological polar surface area (TPSA) is 61.4 Å². The predicted octanol–water partition coefficient (Wildman–Crippen LogP) is 2.83. The molecule has 3 rings (SSSR count). The van der Waals surface area contributed by atoms with Crippen LogP contribution in [0.25, 0.3) is 0 Å². The highest BCUT2D eigenvalue weighted by Gasteiger charge is 2.20. The molecule has 1 heterocycles. The van der Waals surface area contributed by atoms with Crippen LogP contribution in [0.3, 0.4) is 0 Å². The number of benzene rings is 2. The van der Waals surface area contributed by atoms with Gasteiger partial charge in [-0.2, -0.15) is 0 Å². The molecule has 5 heteroatoms. The van der Waals surface area contributed by atoms with Gasteiger partial charge in [-0.1, -0.05) is 30.3 Å². The number of anilines is 2. The molecule has 0 spiro atoms. The van der Waals surface area contributed by atoms with Crippen LogP contribution in [0.1, 0.15) is 18.4 Å². The molecule has 2 aromatic rings. The van der Waals surface area contributed by atoms with E-state index in [-0.39, 0.29) is 17.7 Å². The van der Waals surface area contributed by atoms with Gasteiger partial charge in [-0.25, -0.2) is 0 Å². The fourth-order valence-electron chi connectivity index (χ4n) is 3.11. The van der Waals surface area contributed by atoms with Crippen LogP contribution in [-0.2, 0) is 16.0 Å². The van der Waals surface area contributed by atoms with E-state index >= 15 is 0 Å². The summed E-state index contributed by atoms with van der Waals surface area (Å²) in [4.78, 5) is 26.4. The van der Waals surface area contributed by atoms with Crippen LogP contribution in [0.4, 0.5) is 11.4 Å². The summed E-state index contributed by atoms with van der Waals surface area (Å²) in [5.41, 5.74) is 2.57. The number of likely N-dealkylation sites (N-methyl/N-ethyl adjacent to an activating group) is 1. The minimum Gasteiger partial charge on any atom is -0.326 e. The van der Waals surface area contributed by atoms with Crippen molar-refractivity contribution >= 4 is 23.2 Å². The van der Waals surface area contributed by atoms with Crippen molar-refractivity contribution < 1.29 is 9.59 Å². The third-order valence-electron chi connectivity index (χ3n) is 4.76. The molecule has 2 aromatic carbocycles. The summed E-state index contributed by atoms with van der Waals surface area (Å²) < 4.78 is 0. The SMILES string of the molecule is CN(C(=O)Cc1ccc(NC(=O)C2CCCNC2)cc1)c1ccccc1. The zero-order valence-electron chi connectivity index (χ0n) is 15.1. The minimum atomic E-state index is 0.0289. The van der Waals surface area contributed by atoms with Crippen molar-refractivity contribution in [2.24, 2.45) is 5.92 Å². The van der Waals surface area contributed by atoms with Gasteiger partial charge in [0.2, 0.25) is 11.8 Å². The first kappa shape index (κ1) is 18.1. The van der Waals surface area contributed by atoms with Gasteiger partial charge in [0, 0.05) is 25.0 Å². The van der Waals surface area contributed by atoms with Crippen molar-refractivity contribution in [2.75, 3.05) is 30.4 Å². The smallest absolute Gasteiger partial charge is 0.231 e. The van der Waals surface area contributed by atoms with Gasteiger partial charge in [0.25, 0.3) is 0 Å². The Balaban J connectivity index is 1.55. The summed E-state index contributed by atoms with van der Waals surface area (Å²) >= 11 is 0. The number of nitrogens with zero attached hydrogens (tertiary/aromatic N) is 1. The first-order valence-corrected chi connectivity index (χ1v) is 9.05. The largest absolute Gasteiger partial charge is 0.326 e. The standard InChI is InChI=1S/C21H25N3O2/c1-24(19-7-3-2-4-8-19)20(25)14-16-9-11-18(12-10-16)23-21(26)17-6-5-13-22-15-17/h2-4,7-12,17,22H,5-6,13-15H2,1H3,(H,23,26). The van der Waals surface area contributed by atoms with E-state index in [4.69, 9.17) is 0 Å². The Bertz CT molecular complexity index is 738. The van der Waals surface area contributed by atoms with Crippen LogP contribution in [0.5, 0.6) is 0 Å². The van der Waals surface area contributed by atoms with Crippen LogP contribution in [-0.4, -0.2) is 32.0 Å². The average molecular weight is 351 g/mol. The molecule has 0 aliphatic carbocycles. The van der Waals surface area contributed by atoms with E-state index in [9.17, 15) is 9.59 Å². The molecule has 5 nitrogen and oxygen atoms in total. The van der Waals surface area contributed by atoms with Crippen molar-refractivity contribution in [3.8, 4) is 0 Å². The molecule has 26 heavy (non-hydrogen) atoms. The molecular formula is C21H25N3O2. The summed E-state index contributed by atoms with van der Waals surface area (Å²) in [6.07, 6.45) is 2.29. The van der Waals surface area contributed by atoms with Gasteiger partial charge in [0.05, 0.1) is 12.3 Å². The molecule has 2 amide bonds. The molecular weight excluding hydrogens is 326 g/mol. The number of carbonyl (C=O) groups excluding carboxylic acids is 2. The maximum atomic E-state index is 12.4. The van der Waals surface area contributed by atoms with E-state index < -0.39 is 0 Å². The quantitative estimate of drug-likeness (QED) is 0.871. The molecule has 1 saturated heterocycles. The Hall–Kier alpha value is -2.66. The average Bonchev–Trinajstić information content (AvgIpc) is 2.70. The highest BCUT2D eigenvalue weighted by atomic mass is 16.2. The first-order valence-electron chi connectivity index (χ1n) is 9.05. The highest BCUT2D eigenvalue weighted by Crippen LogP contribution is 2.17. The summed E-state index contributed by atoms with van der Waals surface area (Å²) in [6.45, 7) is 1.73. The molecule has 0 aromatic heterocycles. The summed E-state index contributed by atoms with van der Waals surface area (Å²) in [5.74, 6) is 0.121. The molecule has 1 fully saturated rings. The molecule has 1 atom stereocenters. The van der Waals surface area contributed by atoms with Crippen LogP contribution in [0.15, 0.2) is 54.6 Å². The van der Waals surface area contributed by atoms with Crippen LogP contribution >= 0.6 is 0 Å². The van der Waals surface area contributed by atoms with Crippen molar-refractivity contribution in [1.82, 2.24) is 5.32 Å². The van der Waals surface area contributed by atoms with Crippen molar-refractivity contribution in [3.05, 3.63) is 60.2 Å². The van der Waals surface area contributed by atoms with Crippen molar-refractivity contribution in [2.45, 2.75) is 19.3 Å². The van der Waals surface area contributed by atoms with Gasteiger partial charge in [-0.05, 0) is 49.2 Å². The van der Waals surface area contributed by atoms with E-state index in [1.807, 2.05) is 54.6 Å². The van der Waals surface area contributed by atoms with Crippen molar-refractivity contribution in [3.63, 3.8) is 0 Å². The Labute approximate surface area is 154 Å². The number of amides is 2. The number of rotatable bonds is 5. The summed E-state index contributed by atoms with van der Waals surface area (Å²) in [7, 11) is 1.78. The Morgan fingerprint density at radius 3 is 2.50 bits per heavy atom. The number of piperidine rings is 1. The summed E-state index contributed by atoms with van der Waals surface area (Å²) in [6, 6.07) is 17.1. The molecule has 1 aliphatic heterocycles. The Kier molecular flexibility index (Phi) is 6.02. The third kappa shape index (κ3) is 4.70. The fourth-order valence-corrected chi connectivity index (χ4v) is 3.11. The zero-order valence-corrected chi connectivity index (χ0v) is 15.1. The van der Waals surface area contributed by atoms with Gasteiger partial charge in [-0.15, -0.1) is 0 Å². The second kappa shape index (κ2) is 8.63. The number of nitrogens with one attached hydrogen (secondary N) is 2. The highest BCUT2D eigenvalue weighted by molar-refractivity contribution is 5.95. The number of hydrogen-bond donors (Lipinski definition) is 2. The molecule has 0 saturated carbocycles. The van der Waals surface area contributed by atoms with Gasteiger partial charge in [0.1, 0.15) is 0 Å². The van der Waals surface area contributed by atoms with E-state index in [0.29, 0.717) is 6.42 Å². The van der Waals surface area contributed by atoms with Crippen LogP contribution in [0, 0.1) is 5.92 Å². The first-order chi connectivity index (χ1) is 12.6. The second-order valence-electron chi connectivity index (χ2n) is 6.69. The minimum absolute atomic E-state index is 0.0289. The number of hydrogen-bond acceptors (Lipinski definition) is 3. The van der Waals surface area contributed by atoms with Gasteiger partial charge >= 0.3 is 0 Å². The van der Waals surface area contributed by atoms with Crippen LogP contribution < -0.4 is 15.5 Å². The van der Waals surface area contributed by atoms with Gasteiger partial charge in [0.15, 0.2) is 0 Å². The van der Waals surface area contributed by atoms with Crippen LogP contribution in [0.2, 0.25) is 0 Å². The molecule has 1 unspecified atom stereocenters. The maximum absolute atomic E-state index is 12.4. The number of para-hydroxylation sites is 1. The van der Waals surface area contributed by atoms with Crippen molar-refractivity contribution in [1.29, 1.82) is 0 Å². The van der Waals surface area contributed by atoms with Gasteiger partial charge < -0.3 is 15.5 Å². The normalized spacial score (nSPS) is 16.7. The van der Waals surface area contributed by atoms with E-state index in [1.165, 1.54) is 0 Å². The number of carbonyl (C=O) groups is 2. The monoisotopic (exact) mass is 351 g/mol. The summed E-state index contributed by atoms with van der Waals surface area (Å²) in [5, 5.41) is 6.22. The lowest BCUT2D eigenvalue weighted by Gasteiger charge is -2.22. The predicted molar refractivity (Wildman–Crippen MR) is 104 cm³/mol. The van der Waals surface area contributed by atoms with E-state index in [0.717, 1.165) is 42.9 Å². The van der Waals surface area contributed by atoms with Gasteiger partial charge in [-0.3, -0.25) is 9.59 Å². The second-order valence-corrected chi connectivity index (χ2v) is 6.69. The molecule has 136 valence electrons. The molecule has 1 aliphatic rings. The molecule has 2 N–H and O–H groups in total. The fraction of sp³-hybridized carbons (Fsp3) is 0.333. The van der Waals surface area contributed by atoms with E-state index in [1.54, 1.807) is 11.9 Å². The lowest BCUT2D eigenvalue weighted by atomic mass is 9.99.